The monoisotopic (exact) mass is 209 g/mol. The molecule has 2 nitrogen and oxygen atoms in total. The quantitative estimate of drug-likeness (QED) is 0.808. The molecule has 2 atom stereocenters. The lowest BCUT2D eigenvalue weighted by molar-refractivity contribution is 0.392. The number of rotatable bonds is 2. The van der Waals surface area contributed by atoms with Crippen molar-refractivity contribution in [2.45, 2.75) is 19.4 Å². The minimum absolute atomic E-state index is 0.202. The van der Waals surface area contributed by atoms with Crippen molar-refractivity contribution in [1.29, 1.82) is 0 Å². The van der Waals surface area contributed by atoms with Gasteiger partial charge in [0.25, 0.3) is 0 Å². The fraction of sp³-hybridized carbons (Fsp3) is 0.500. The highest BCUT2D eigenvalue weighted by Gasteiger charge is 2.26. The Kier molecular flexibility index (Phi) is 2.91. The van der Waals surface area contributed by atoms with E-state index in [4.69, 9.17) is 4.74 Å². The highest BCUT2D eigenvalue weighted by molar-refractivity contribution is 5.37. The predicted molar refractivity (Wildman–Crippen MR) is 57.5 cm³/mol. The van der Waals surface area contributed by atoms with Crippen LogP contribution in [0.5, 0.6) is 5.75 Å². The SMILES string of the molecule is COc1ccc(F)cc1[C@@H]1NCC[C@H]1C. The zero-order valence-electron chi connectivity index (χ0n) is 9.09. The van der Waals surface area contributed by atoms with Crippen LogP contribution in [0.4, 0.5) is 4.39 Å². The van der Waals surface area contributed by atoms with Gasteiger partial charge in [-0.2, -0.15) is 0 Å². The van der Waals surface area contributed by atoms with Crippen molar-refractivity contribution < 1.29 is 9.13 Å². The third-order valence-electron chi connectivity index (χ3n) is 3.06. The van der Waals surface area contributed by atoms with Gasteiger partial charge in [0.15, 0.2) is 0 Å². The minimum Gasteiger partial charge on any atom is -0.496 e. The van der Waals surface area contributed by atoms with Crippen LogP contribution in [0, 0.1) is 11.7 Å². The summed E-state index contributed by atoms with van der Waals surface area (Å²) in [6.45, 7) is 3.17. The molecule has 1 saturated heterocycles. The number of methoxy groups -OCH3 is 1. The molecule has 3 heteroatoms. The topological polar surface area (TPSA) is 21.3 Å². The van der Waals surface area contributed by atoms with Gasteiger partial charge >= 0.3 is 0 Å². The predicted octanol–water partition coefficient (Wildman–Crippen LogP) is 2.50. The van der Waals surface area contributed by atoms with Gasteiger partial charge < -0.3 is 10.1 Å². The summed E-state index contributed by atoms with van der Waals surface area (Å²) in [4.78, 5) is 0. The van der Waals surface area contributed by atoms with Crippen molar-refractivity contribution in [1.82, 2.24) is 5.32 Å². The van der Waals surface area contributed by atoms with Crippen LogP contribution >= 0.6 is 0 Å². The van der Waals surface area contributed by atoms with E-state index in [-0.39, 0.29) is 11.9 Å². The van der Waals surface area contributed by atoms with Crippen molar-refractivity contribution >= 4 is 0 Å². The molecule has 1 N–H and O–H groups in total. The first kappa shape index (κ1) is 10.4. The number of hydrogen-bond acceptors (Lipinski definition) is 2. The van der Waals surface area contributed by atoms with Gasteiger partial charge in [0.05, 0.1) is 7.11 Å². The normalized spacial score (nSPS) is 25.5. The zero-order valence-corrected chi connectivity index (χ0v) is 9.09. The number of nitrogens with one attached hydrogen (secondary N) is 1. The molecular formula is C12H16FNO. The summed E-state index contributed by atoms with van der Waals surface area (Å²) < 4.78 is 18.4. The maximum atomic E-state index is 13.2. The van der Waals surface area contributed by atoms with E-state index in [1.54, 1.807) is 19.2 Å². The standard InChI is InChI=1S/C12H16FNO/c1-8-5-6-14-12(8)10-7-9(13)3-4-11(10)15-2/h3-4,7-8,12,14H,5-6H2,1-2H3/t8-,12-/m1/s1. The van der Waals surface area contributed by atoms with Gasteiger partial charge in [0, 0.05) is 11.6 Å². The maximum Gasteiger partial charge on any atom is 0.123 e. The van der Waals surface area contributed by atoms with Crippen LogP contribution in [0.1, 0.15) is 24.9 Å². The molecule has 0 aromatic heterocycles. The van der Waals surface area contributed by atoms with E-state index in [0.29, 0.717) is 5.92 Å². The Hall–Kier alpha value is -1.09. The molecule has 82 valence electrons. The van der Waals surface area contributed by atoms with Gasteiger partial charge in [0.1, 0.15) is 11.6 Å². The number of hydrogen-bond donors (Lipinski definition) is 1. The average Bonchev–Trinajstić information content (AvgIpc) is 2.64. The fourth-order valence-electron chi connectivity index (χ4n) is 2.20. The van der Waals surface area contributed by atoms with Crippen LogP contribution in [0.2, 0.25) is 0 Å². The van der Waals surface area contributed by atoms with Gasteiger partial charge in [-0.3, -0.25) is 0 Å². The minimum atomic E-state index is -0.202. The van der Waals surface area contributed by atoms with E-state index in [1.165, 1.54) is 6.07 Å². The second-order valence-electron chi connectivity index (χ2n) is 4.08. The number of ether oxygens (including phenoxy) is 1. The second-order valence-corrected chi connectivity index (χ2v) is 4.08. The molecule has 1 aliphatic rings. The highest BCUT2D eigenvalue weighted by Crippen LogP contribution is 2.34. The molecule has 1 aliphatic heterocycles. The van der Waals surface area contributed by atoms with E-state index in [0.717, 1.165) is 24.3 Å². The first-order chi connectivity index (χ1) is 7.22. The first-order valence-electron chi connectivity index (χ1n) is 5.29. The van der Waals surface area contributed by atoms with Crippen LogP contribution in [0.3, 0.4) is 0 Å². The smallest absolute Gasteiger partial charge is 0.123 e. The largest absolute Gasteiger partial charge is 0.496 e. The summed E-state index contributed by atoms with van der Waals surface area (Å²) in [6, 6.07) is 4.91. The summed E-state index contributed by atoms with van der Waals surface area (Å²) in [6.07, 6.45) is 1.13. The molecule has 0 amide bonds. The number of halogens is 1. The summed E-state index contributed by atoms with van der Waals surface area (Å²) in [5.74, 6) is 1.09. The molecule has 1 fully saturated rings. The molecule has 15 heavy (non-hydrogen) atoms. The van der Waals surface area contributed by atoms with E-state index < -0.39 is 0 Å². The second kappa shape index (κ2) is 4.19. The van der Waals surface area contributed by atoms with Gasteiger partial charge in [-0.15, -0.1) is 0 Å². The molecule has 0 unspecified atom stereocenters. The van der Waals surface area contributed by atoms with Gasteiger partial charge in [-0.05, 0) is 37.1 Å². The van der Waals surface area contributed by atoms with Gasteiger partial charge in [-0.25, -0.2) is 4.39 Å². The van der Waals surface area contributed by atoms with Crippen molar-refractivity contribution in [3.8, 4) is 5.75 Å². The molecule has 0 bridgehead atoms. The van der Waals surface area contributed by atoms with Crippen molar-refractivity contribution in [3.63, 3.8) is 0 Å². The molecule has 1 aromatic carbocycles. The van der Waals surface area contributed by atoms with Crippen LogP contribution in [0.15, 0.2) is 18.2 Å². The fourth-order valence-corrected chi connectivity index (χ4v) is 2.20. The molecule has 1 aromatic rings. The molecule has 0 radical (unpaired) electrons. The Morgan fingerprint density at radius 2 is 2.27 bits per heavy atom. The molecule has 1 heterocycles. The highest BCUT2D eigenvalue weighted by atomic mass is 19.1. The Morgan fingerprint density at radius 3 is 2.87 bits per heavy atom. The first-order valence-corrected chi connectivity index (χ1v) is 5.29. The third-order valence-corrected chi connectivity index (χ3v) is 3.06. The Labute approximate surface area is 89.4 Å². The van der Waals surface area contributed by atoms with Crippen LogP contribution < -0.4 is 10.1 Å². The van der Waals surface area contributed by atoms with E-state index in [2.05, 4.69) is 12.2 Å². The van der Waals surface area contributed by atoms with Crippen LogP contribution in [-0.2, 0) is 0 Å². The lowest BCUT2D eigenvalue weighted by Gasteiger charge is -2.19. The van der Waals surface area contributed by atoms with Gasteiger partial charge in [-0.1, -0.05) is 6.92 Å². The lowest BCUT2D eigenvalue weighted by Crippen LogP contribution is -2.17. The summed E-state index contributed by atoms with van der Waals surface area (Å²) in [5.41, 5.74) is 0.933. The van der Waals surface area contributed by atoms with Crippen molar-refractivity contribution in [2.75, 3.05) is 13.7 Å². The van der Waals surface area contributed by atoms with E-state index in [1.807, 2.05) is 0 Å². The molecule has 0 saturated carbocycles. The zero-order chi connectivity index (χ0) is 10.8. The average molecular weight is 209 g/mol. The Bertz CT molecular complexity index is 353. The van der Waals surface area contributed by atoms with E-state index >= 15 is 0 Å². The maximum absolute atomic E-state index is 13.2. The molecule has 0 aliphatic carbocycles. The summed E-state index contributed by atoms with van der Waals surface area (Å²) in [5, 5.41) is 3.38. The van der Waals surface area contributed by atoms with Crippen LogP contribution in [-0.4, -0.2) is 13.7 Å². The lowest BCUT2D eigenvalue weighted by atomic mass is 9.95. The summed E-state index contributed by atoms with van der Waals surface area (Å²) >= 11 is 0. The molecule has 2 rings (SSSR count). The van der Waals surface area contributed by atoms with E-state index in [9.17, 15) is 4.39 Å². The third kappa shape index (κ3) is 1.97. The van der Waals surface area contributed by atoms with Gasteiger partial charge in [0.2, 0.25) is 0 Å². The number of benzene rings is 1. The Balaban J connectivity index is 2.36. The van der Waals surface area contributed by atoms with Crippen LogP contribution in [0.25, 0.3) is 0 Å². The Morgan fingerprint density at radius 1 is 1.47 bits per heavy atom. The molecule has 0 spiro atoms. The van der Waals surface area contributed by atoms with Crippen molar-refractivity contribution in [3.05, 3.63) is 29.6 Å². The van der Waals surface area contributed by atoms with Crippen molar-refractivity contribution in [2.24, 2.45) is 5.92 Å². The summed E-state index contributed by atoms with van der Waals surface area (Å²) in [7, 11) is 1.62. The molecular weight excluding hydrogens is 193 g/mol.